The van der Waals surface area contributed by atoms with Crippen LogP contribution in [0.25, 0.3) is 5.57 Å². The fourth-order valence-corrected chi connectivity index (χ4v) is 5.43. The van der Waals surface area contributed by atoms with Crippen molar-refractivity contribution in [1.82, 2.24) is 0 Å². The van der Waals surface area contributed by atoms with Gasteiger partial charge in [0.15, 0.2) is 0 Å². The van der Waals surface area contributed by atoms with Crippen molar-refractivity contribution in [3.63, 3.8) is 0 Å². The Morgan fingerprint density at radius 1 is 0.943 bits per heavy atom. The molecule has 2 aromatic rings. The van der Waals surface area contributed by atoms with Crippen LogP contribution < -0.4 is 10.1 Å². The predicted octanol–water partition coefficient (Wildman–Crippen LogP) is 8.14. The van der Waals surface area contributed by atoms with Crippen molar-refractivity contribution < 1.29 is 14.3 Å². The molecule has 0 amide bonds. The van der Waals surface area contributed by atoms with E-state index in [9.17, 15) is 4.79 Å². The lowest BCUT2D eigenvalue weighted by Crippen LogP contribution is -2.38. The minimum atomic E-state index is -0.306. The van der Waals surface area contributed by atoms with Crippen LogP contribution in [0.5, 0.6) is 5.75 Å². The molecule has 3 rings (SSSR count). The van der Waals surface area contributed by atoms with E-state index < -0.39 is 0 Å². The van der Waals surface area contributed by atoms with Gasteiger partial charge in [-0.15, -0.1) is 0 Å². The smallest absolute Gasteiger partial charge is 0.337 e. The third-order valence-corrected chi connectivity index (χ3v) is 7.51. The van der Waals surface area contributed by atoms with E-state index in [4.69, 9.17) is 9.47 Å². The zero-order chi connectivity index (χ0) is 25.0. The minimum Gasteiger partial charge on any atom is -0.497 e. The average molecular weight is 478 g/mol. The molecule has 35 heavy (non-hydrogen) atoms. The summed E-state index contributed by atoms with van der Waals surface area (Å²) in [4.78, 5) is 11.9. The Labute approximate surface area is 212 Å². The molecule has 1 aliphatic carbocycles. The molecule has 4 heteroatoms. The number of benzene rings is 2. The van der Waals surface area contributed by atoms with Gasteiger partial charge in [-0.05, 0) is 72.7 Å². The first-order valence-corrected chi connectivity index (χ1v) is 13.4. The lowest BCUT2D eigenvalue weighted by Gasteiger charge is -2.38. The van der Waals surface area contributed by atoms with Crippen LogP contribution in [0.2, 0.25) is 0 Å². The Kier molecular flexibility index (Phi) is 10.7. The molecule has 0 radical (unpaired) electrons. The average Bonchev–Trinajstić information content (AvgIpc) is 2.92. The molecule has 190 valence electrons. The molecule has 0 aliphatic heterocycles. The first-order valence-electron chi connectivity index (χ1n) is 13.4. The fourth-order valence-electron chi connectivity index (χ4n) is 5.43. The van der Waals surface area contributed by atoms with E-state index in [-0.39, 0.29) is 5.97 Å². The van der Waals surface area contributed by atoms with Gasteiger partial charge in [-0.3, -0.25) is 0 Å². The molecule has 0 unspecified atom stereocenters. The van der Waals surface area contributed by atoms with E-state index in [1.54, 1.807) is 7.11 Å². The molecule has 1 N–H and O–H groups in total. The quantitative estimate of drug-likeness (QED) is 0.234. The molecule has 0 saturated heterocycles. The zero-order valence-corrected chi connectivity index (χ0v) is 21.9. The van der Waals surface area contributed by atoms with Gasteiger partial charge in [0.05, 0.1) is 19.8 Å². The number of esters is 1. The van der Waals surface area contributed by atoms with Crippen molar-refractivity contribution in [2.45, 2.75) is 77.2 Å². The first kappa shape index (κ1) is 26.8. The monoisotopic (exact) mass is 477 g/mol. The van der Waals surface area contributed by atoms with Gasteiger partial charge in [0.2, 0.25) is 0 Å². The molecule has 2 atom stereocenters. The van der Waals surface area contributed by atoms with Crippen LogP contribution in [0.15, 0.2) is 55.1 Å². The van der Waals surface area contributed by atoms with E-state index >= 15 is 0 Å². The van der Waals surface area contributed by atoms with Gasteiger partial charge < -0.3 is 14.8 Å². The van der Waals surface area contributed by atoms with Crippen LogP contribution in [0, 0.1) is 11.8 Å². The molecule has 4 nitrogen and oxygen atoms in total. The molecular weight excluding hydrogens is 434 g/mol. The summed E-state index contributed by atoms with van der Waals surface area (Å²) in [5.41, 5.74) is 3.97. The van der Waals surface area contributed by atoms with Crippen LogP contribution in [0.4, 0.5) is 5.69 Å². The molecular formula is C31H43NO3. The largest absolute Gasteiger partial charge is 0.497 e. The molecule has 1 fully saturated rings. The molecule has 0 aromatic heterocycles. The van der Waals surface area contributed by atoms with Crippen molar-refractivity contribution in [2.75, 3.05) is 19.5 Å². The summed E-state index contributed by atoms with van der Waals surface area (Å²) in [7, 11) is 3.12. The van der Waals surface area contributed by atoms with Crippen molar-refractivity contribution in [3.8, 4) is 5.75 Å². The van der Waals surface area contributed by atoms with Crippen molar-refractivity contribution in [1.29, 1.82) is 0 Å². The number of unbranched alkanes of at least 4 members (excludes halogenated alkanes) is 3. The highest BCUT2D eigenvalue weighted by molar-refractivity contribution is 5.89. The number of nitrogens with one attached hydrogen (secondary N) is 1. The number of ether oxygens (including phenoxy) is 2. The van der Waals surface area contributed by atoms with E-state index in [0.717, 1.165) is 29.0 Å². The number of anilines is 1. The van der Waals surface area contributed by atoms with Crippen molar-refractivity contribution in [2.24, 2.45) is 11.8 Å². The number of hydrogen-bond donors (Lipinski definition) is 1. The maximum absolute atomic E-state index is 11.9. The summed E-state index contributed by atoms with van der Waals surface area (Å²) in [6.07, 6.45) is 12.5. The Hall–Kier alpha value is -2.75. The summed E-state index contributed by atoms with van der Waals surface area (Å²) < 4.78 is 10.3. The summed E-state index contributed by atoms with van der Waals surface area (Å²) in [6.45, 7) is 6.89. The Morgan fingerprint density at radius 3 is 2.20 bits per heavy atom. The summed E-state index contributed by atoms with van der Waals surface area (Å²) in [5.74, 6) is 1.50. The second-order valence-corrected chi connectivity index (χ2v) is 9.85. The lowest BCUT2D eigenvalue weighted by molar-refractivity contribution is 0.0600. The normalized spacial score (nSPS) is 15.7. The van der Waals surface area contributed by atoms with E-state index in [1.165, 1.54) is 64.9 Å². The summed E-state index contributed by atoms with van der Waals surface area (Å²) in [6, 6.07) is 16.4. The van der Waals surface area contributed by atoms with Crippen LogP contribution in [0.3, 0.4) is 0 Å². The Bertz CT molecular complexity index is 913. The highest BCUT2D eigenvalue weighted by Crippen LogP contribution is 2.39. The Balaban J connectivity index is 1.89. The summed E-state index contributed by atoms with van der Waals surface area (Å²) in [5, 5.41) is 3.94. The standard InChI is InChI=1S/C31H43NO3/c1-5-6-7-11-14-29(23(2)24-15-17-26(18-16-24)31(33)35-4)30(25-12-9-8-10-13-25)32-27-19-21-28(34-3)22-20-27/h15-22,25,29-30,32H,2,5-14H2,1,3-4H3/t29-,30+/m1/s1. The lowest BCUT2D eigenvalue weighted by atomic mass is 9.73. The van der Waals surface area contributed by atoms with E-state index in [2.05, 4.69) is 31.0 Å². The number of carbonyl (C=O) groups is 1. The summed E-state index contributed by atoms with van der Waals surface area (Å²) >= 11 is 0. The van der Waals surface area contributed by atoms with E-state index in [0.29, 0.717) is 23.4 Å². The van der Waals surface area contributed by atoms with Gasteiger partial charge in [-0.1, -0.05) is 70.6 Å². The van der Waals surface area contributed by atoms with Crippen LogP contribution in [-0.4, -0.2) is 26.2 Å². The van der Waals surface area contributed by atoms with Gasteiger partial charge in [0.1, 0.15) is 5.75 Å². The van der Waals surface area contributed by atoms with E-state index in [1.807, 2.05) is 36.4 Å². The molecule has 1 saturated carbocycles. The van der Waals surface area contributed by atoms with Gasteiger partial charge >= 0.3 is 5.97 Å². The van der Waals surface area contributed by atoms with Crippen molar-refractivity contribution in [3.05, 3.63) is 66.2 Å². The number of rotatable bonds is 13. The number of methoxy groups -OCH3 is 2. The number of hydrogen-bond acceptors (Lipinski definition) is 4. The van der Waals surface area contributed by atoms with Gasteiger partial charge in [0.25, 0.3) is 0 Å². The highest BCUT2D eigenvalue weighted by atomic mass is 16.5. The molecule has 0 spiro atoms. The molecule has 1 aliphatic rings. The van der Waals surface area contributed by atoms with Gasteiger partial charge in [0, 0.05) is 17.6 Å². The third kappa shape index (κ3) is 7.62. The van der Waals surface area contributed by atoms with Crippen LogP contribution >= 0.6 is 0 Å². The molecule has 0 heterocycles. The second kappa shape index (κ2) is 14.0. The maximum Gasteiger partial charge on any atom is 0.337 e. The third-order valence-electron chi connectivity index (χ3n) is 7.51. The Morgan fingerprint density at radius 2 is 1.60 bits per heavy atom. The molecule has 2 aromatic carbocycles. The minimum absolute atomic E-state index is 0.306. The predicted molar refractivity (Wildman–Crippen MR) is 146 cm³/mol. The van der Waals surface area contributed by atoms with Gasteiger partial charge in [-0.25, -0.2) is 4.79 Å². The topological polar surface area (TPSA) is 47.6 Å². The van der Waals surface area contributed by atoms with Crippen LogP contribution in [0.1, 0.15) is 87.1 Å². The first-order chi connectivity index (χ1) is 17.1. The zero-order valence-electron chi connectivity index (χ0n) is 21.9. The fraction of sp³-hybridized carbons (Fsp3) is 0.516. The molecule has 0 bridgehead atoms. The van der Waals surface area contributed by atoms with Crippen LogP contribution in [-0.2, 0) is 4.74 Å². The van der Waals surface area contributed by atoms with Gasteiger partial charge in [-0.2, -0.15) is 0 Å². The maximum atomic E-state index is 11.9. The van der Waals surface area contributed by atoms with Crippen molar-refractivity contribution >= 4 is 17.2 Å². The SMILES string of the molecule is C=C(c1ccc(C(=O)OC)cc1)[C@@H](CCCCCC)[C@@H](Nc1ccc(OC)cc1)C1CCCCC1. The highest BCUT2D eigenvalue weighted by Gasteiger charge is 2.32. The number of carbonyl (C=O) groups excluding carboxylic acids is 1. The second-order valence-electron chi connectivity index (χ2n) is 9.85.